The molecule has 0 radical (unpaired) electrons. The number of hydrogen-bond acceptors (Lipinski definition) is 4. The van der Waals surface area contributed by atoms with Gasteiger partial charge in [-0.3, -0.25) is 0 Å². The number of halogens is 1. The van der Waals surface area contributed by atoms with Crippen molar-refractivity contribution in [3.05, 3.63) is 24.0 Å². The summed E-state index contributed by atoms with van der Waals surface area (Å²) >= 11 is 0. The molecule has 1 aliphatic heterocycles. The Kier molecular flexibility index (Phi) is 3.69. The summed E-state index contributed by atoms with van der Waals surface area (Å²) in [5.74, 6) is -0.682. The number of benzene rings is 1. The number of rotatable bonds is 2. The van der Waals surface area contributed by atoms with Crippen molar-refractivity contribution in [3.8, 4) is 0 Å². The van der Waals surface area contributed by atoms with Gasteiger partial charge in [0.05, 0.1) is 21.4 Å². The summed E-state index contributed by atoms with van der Waals surface area (Å²) in [6.07, 6.45) is 5.01. The Morgan fingerprint density at radius 1 is 1.29 bits per heavy atom. The van der Waals surface area contributed by atoms with Crippen molar-refractivity contribution in [3.63, 3.8) is 0 Å². The molecular formula is C15H20FNO3S. The molecule has 6 heteroatoms. The zero-order chi connectivity index (χ0) is 15.1. The number of nitrogens with two attached hydrogens (primary N) is 1. The van der Waals surface area contributed by atoms with Crippen molar-refractivity contribution in [1.29, 1.82) is 0 Å². The quantitative estimate of drug-likeness (QED) is 0.852. The summed E-state index contributed by atoms with van der Waals surface area (Å²) in [4.78, 5) is 0.0225. The van der Waals surface area contributed by atoms with Crippen molar-refractivity contribution < 1.29 is 17.5 Å². The van der Waals surface area contributed by atoms with Gasteiger partial charge in [-0.2, -0.15) is 0 Å². The summed E-state index contributed by atoms with van der Waals surface area (Å²) < 4.78 is 44.9. The number of nitrogen functional groups attached to an aromatic ring is 1. The molecule has 1 saturated heterocycles. The van der Waals surface area contributed by atoms with Gasteiger partial charge in [-0.05, 0) is 43.9 Å². The maximum Gasteiger partial charge on any atom is 0.181 e. The second kappa shape index (κ2) is 5.25. The van der Waals surface area contributed by atoms with Crippen LogP contribution in [0.3, 0.4) is 0 Å². The lowest BCUT2D eigenvalue weighted by Crippen LogP contribution is -2.42. The normalized spacial score (nSPS) is 25.3. The van der Waals surface area contributed by atoms with Crippen LogP contribution in [-0.4, -0.2) is 25.9 Å². The molecule has 0 amide bonds. The summed E-state index contributed by atoms with van der Waals surface area (Å²) in [5.41, 5.74) is 5.11. The highest BCUT2D eigenvalue weighted by molar-refractivity contribution is 7.92. The third-order valence-corrected chi connectivity index (χ3v) is 6.89. The van der Waals surface area contributed by atoms with Crippen LogP contribution in [0.5, 0.6) is 0 Å². The highest BCUT2D eigenvalue weighted by atomic mass is 32.2. The molecule has 21 heavy (non-hydrogen) atoms. The van der Waals surface area contributed by atoms with Crippen molar-refractivity contribution in [2.75, 3.05) is 12.3 Å². The molecule has 1 unspecified atom stereocenters. The third kappa shape index (κ3) is 2.66. The standard InChI is InChI=1S/C15H20FNO3S/c16-13-9-11(3-4-14(13)17)21(18,19)12-5-8-20-15(10-12)6-1-2-7-15/h3-4,9,12H,1-2,5-8,10,17H2. The van der Waals surface area contributed by atoms with Gasteiger partial charge in [0.25, 0.3) is 0 Å². The fraction of sp³-hybridized carbons (Fsp3) is 0.600. The molecule has 2 fully saturated rings. The van der Waals surface area contributed by atoms with E-state index in [1.807, 2.05) is 0 Å². The van der Waals surface area contributed by atoms with E-state index in [0.29, 0.717) is 19.4 Å². The number of sulfone groups is 1. The van der Waals surface area contributed by atoms with E-state index < -0.39 is 20.9 Å². The molecule has 1 aromatic rings. The topological polar surface area (TPSA) is 69.4 Å². The first-order chi connectivity index (χ1) is 9.93. The highest BCUT2D eigenvalue weighted by Crippen LogP contribution is 2.42. The zero-order valence-electron chi connectivity index (χ0n) is 11.8. The molecule has 1 atom stereocenters. The first kappa shape index (κ1) is 14.8. The summed E-state index contributed by atoms with van der Waals surface area (Å²) in [6.45, 7) is 0.460. The van der Waals surface area contributed by atoms with Crippen molar-refractivity contribution in [1.82, 2.24) is 0 Å². The van der Waals surface area contributed by atoms with E-state index in [0.717, 1.165) is 31.7 Å². The first-order valence-electron chi connectivity index (χ1n) is 7.36. The minimum absolute atomic E-state index is 0.0225. The van der Waals surface area contributed by atoms with E-state index in [2.05, 4.69) is 0 Å². The van der Waals surface area contributed by atoms with Crippen molar-refractivity contribution >= 4 is 15.5 Å². The molecule has 2 N–H and O–H groups in total. The van der Waals surface area contributed by atoms with Crippen LogP contribution in [0.2, 0.25) is 0 Å². The average molecular weight is 313 g/mol. The maximum absolute atomic E-state index is 13.6. The Bertz CT molecular complexity index is 638. The molecule has 0 bridgehead atoms. The van der Waals surface area contributed by atoms with Gasteiger partial charge in [-0.15, -0.1) is 0 Å². The minimum Gasteiger partial charge on any atom is -0.396 e. The molecule has 0 aromatic heterocycles. The van der Waals surface area contributed by atoms with Gasteiger partial charge in [0.2, 0.25) is 0 Å². The Morgan fingerprint density at radius 3 is 2.67 bits per heavy atom. The molecule has 116 valence electrons. The van der Waals surface area contributed by atoms with E-state index in [1.54, 1.807) is 0 Å². The van der Waals surface area contributed by atoms with Gasteiger partial charge in [-0.25, -0.2) is 12.8 Å². The monoisotopic (exact) mass is 313 g/mol. The molecule has 3 rings (SSSR count). The fourth-order valence-corrected chi connectivity index (χ4v) is 5.33. The second-order valence-corrected chi connectivity index (χ2v) is 8.31. The Labute approximate surface area is 124 Å². The highest BCUT2D eigenvalue weighted by Gasteiger charge is 2.44. The lowest BCUT2D eigenvalue weighted by atomic mass is 9.92. The minimum atomic E-state index is -3.54. The average Bonchev–Trinajstić information content (AvgIpc) is 2.89. The smallest absolute Gasteiger partial charge is 0.181 e. The third-order valence-electron chi connectivity index (χ3n) is 4.70. The Morgan fingerprint density at radius 2 is 2.00 bits per heavy atom. The van der Waals surface area contributed by atoms with E-state index in [-0.39, 0.29) is 16.2 Å². The van der Waals surface area contributed by atoms with E-state index in [4.69, 9.17) is 10.5 Å². The SMILES string of the molecule is Nc1ccc(S(=O)(=O)C2CCOC3(CCCC3)C2)cc1F. The van der Waals surface area contributed by atoms with Crippen LogP contribution in [0.1, 0.15) is 38.5 Å². The van der Waals surface area contributed by atoms with Gasteiger partial charge in [0, 0.05) is 6.61 Å². The lowest BCUT2D eigenvalue weighted by molar-refractivity contribution is -0.0713. The molecule has 1 saturated carbocycles. The number of ether oxygens (including phenoxy) is 1. The number of hydrogen-bond donors (Lipinski definition) is 1. The maximum atomic E-state index is 13.6. The molecule has 1 heterocycles. The van der Waals surface area contributed by atoms with Crippen LogP contribution in [0.15, 0.2) is 23.1 Å². The van der Waals surface area contributed by atoms with Crippen LogP contribution in [0.25, 0.3) is 0 Å². The lowest BCUT2D eigenvalue weighted by Gasteiger charge is -2.37. The van der Waals surface area contributed by atoms with Crippen LogP contribution >= 0.6 is 0 Å². The summed E-state index contributed by atoms with van der Waals surface area (Å²) in [5, 5.41) is -0.493. The molecule has 1 spiro atoms. The van der Waals surface area contributed by atoms with Crippen LogP contribution in [-0.2, 0) is 14.6 Å². The van der Waals surface area contributed by atoms with Crippen LogP contribution < -0.4 is 5.73 Å². The predicted molar refractivity (Wildman–Crippen MR) is 78.2 cm³/mol. The Balaban J connectivity index is 1.88. The van der Waals surface area contributed by atoms with Gasteiger partial charge < -0.3 is 10.5 Å². The van der Waals surface area contributed by atoms with Crippen LogP contribution in [0.4, 0.5) is 10.1 Å². The second-order valence-electron chi connectivity index (χ2n) is 6.08. The number of anilines is 1. The largest absolute Gasteiger partial charge is 0.396 e. The van der Waals surface area contributed by atoms with E-state index in [9.17, 15) is 12.8 Å². The van der Waals surface area contributed by atoms with Crippen LogP contribution in [0, 0.1) is 5.82 Å². The van der Waals surface area contributed by atoms with E-state index in [1.165, 1.54) is 12.1 Å². The van der Waals surface area contributed by atoms with Gasteiger partial charge in [-0.1, -0.05) is 12.8 Å². The van der Waals surface area contributed by atoms with Gasteiger partial charge in [0.15, 0.2) is 9.84 Å². The molecule has 2 aliphatic rings. The molecular weight excluding hydrogens is 293 g/mol. The summed E-state index contributed by atoms with van der Waals surface area (Å²) in [7, 11) is -3.54. The van der Waals surface area contributed by atoms with E-state index >= 15 is 0 Å². The first-order valence-corrected chi connectivity index (χ1v) is 8.91. The zero-order valence-corrected chi connectivity index (χ0v) is 12.7. The van der Waals surface area contributed by atoms with Gasteiger partial charge in [0.1, 0.15) is 5.82 Å². The fourth-order valence-electron chi connectivity index (χ4n) is 3.49. The van der Waals surface area contributed by atoms with Crippen molar-refractivity contribution in [2.45, 2.75) is 54.3 Å². The Hall–Kier alpha value is -1.14. The molecule has 1 aliphatic carbocycles. The molecule has 4 nitrogen and oxygen atoms in total. The summed E-state index contributed by atoms with van der Waals surface area (Å²) in [6, 6.07) is 3.73. The predicted octanol–water partition coefficient (Wildman–Crippen LogP) is 2.67. The van der Waals surface area contributed by atoms with Gasteiger partial charge >= 0.3 is 0 Å². The molecule has 1 aromatic carbocycles. The van der Waals surface area contributed by atoms with Crippen molar-refractivity contribution in [2.24, 2.45) is 0 Å².